The summed E-state index contributed by atoms with van der Waals surface area (Å²) in [4.78, 5) is 14.3. The first-order valence-electron chi connectivity index (χ1n) is 5.60. The minimum absolute atomic E-state index is 0.340. The zero-order chi connectivity index (χ0) is 17.1. The van der Waals surface area contributed by atoms with Gasteiger partial charge in [-0.05, 0) is 6.07 Å². The molecule has 1 aromatic heterocycles. The maximum Gasteiger partial charge on any atom is 0.574 e. The molecule has 1 rings (SSSR count). The van der Waals surface area contributed by atoms with Gasteiger partial charge in [-0.1, -0.05) is 0 Å². The molecule has 0 aliphatic carbocycles. The lowest BCUT2D eigenvalue weighted by molar-refractivity contribution is -0.276. The molecular formula is C11H10F6N2O3. The van der Waals surface area contributed by atoms with Crippen molar-refractivity contribution in [1.29, 1.82) is 0 Å². The van der Waals surface area contributed by atoms with Crippen molar-refractivity contribution in [3.8, 4) is 5.88 Å². The van der Waals surface area contributed by atoms with E-state index in [1.807, 2.05) is 0 Å². The van der Waals surface area contributed by atoms with Crippen LogP contribution in [0.2, 0.25) is 0 Å². The Hall–Kier alpha value is -2.04. The number of ether oxygens (including phenoxy) is 2. The van der Waals surface area contributed by atoms with Gasteiger partial charge in [0.15, 0.2) is 0 Å². The van der Waals surface area contributed by atoms with Crippen LogP contribution in [0.25, 0.3) is 0 Å². The maximum absolute atomic E-state index is 12.8. The molecule has 0 aliphatic heterocycles. The Balaban J connectivity index is 3.43. The topological polar surface area (TPSA) is 74.4 Å². The number of carbonyl (C=O) groups excluding carboxylic acids is 1. The Bertz CT molecular complexity index is 556. The zero-order valence-corrected chi connectivity index (χ0v) is 11.0. The van der Waals surface area contributed by atoms with Gasteiger partial charge in [0.2, 0.25) is 5.88 Å². The van der Waals surface area contributed by atoms with E-state index in [4.69, 9.17) is 5.73 Å². The molecule has 0 atom stereocenters. The molecule has 0 aliphatic rings. The fourth-order valence-electron chi connectivity index (χ4n) is 1.53. The summed E-state index contributed by atoms with van der Waals surface area (Å²) in [6, 6.07) is 0.340. The van der Waals surface area contributed by atoms with E-state index in [1.54, 1.807) is 0 Å². The van der Waals surface area contributed by atoms with Crippen molar-refractivity contribution in [2.75, 3.05) is 7.11 Å². The number of halogens is 6. The van der Waals surface area contributed by atoms with Crippen molar-refractivity contribution in [2.24, 2.45) is 5.73 Å². The highest BCUT2D eigenvalue weighted by Crippen LogP contribution is 2.35. The van der Waals surface area contributed by atoms with Crippen LogP contribution in [0.3, 0.4) is 0 Å². The fraction of sp³-hybridized carbons (Fsp3) is 0.455. The van der Waals surface area contributed by atoms with Crippen molar-refractivity contribution in [3.63, 3.8) is 0 Å². The smallest absolute Gasteiger partial charge is 0.469 e. The van der Waals surface area contributed by atoms with Crippen molar-refractivity contribution in [2.45, 2.75) is 25.5 Å². The van der Waals surface area contributed by atoms with Crippen molar-refractivity contribution in [3.05, 3.63) is 22.9 Å². The van der Waals surface area contributed by atoms with Gasteiger partial charge in [-0.3, -0.25) is 4.79 Å². The molecule has 0 spiro atoms. The van der Waals surface area contributed by atoms with Gasteiger partial charge < -0.3 is 15.2 Å². The minimum Gasteiger partial charge on any atom is -0.469 e. The molecule has 0 radical (unpaired) electrons. The monoisotopic (exact) mass is 332 g/mol. The molecule has 0 bridgehead atoms. The first-order valence-corrected chi connectivity index (χ1v) is 5.60. The van der Waals surface area contributed by atoms with E-state index in [2.05, 4.69) is 14.5 Å². The molecule has 0 saturated carbocycles. The molecule has 0 saturated heterocycles. The van der Waals surface area contributed by atoms with Crippen LogP contribution in [0.1, 0.15) is 16.8 Å². The molecular weight excluding hydrogens is 322 g/mol. The Morgan fingerprint density at radius 1 is 1.27 bits per heavy atom. The molecule has 11 heteroatoms. The van der Waals surface area contributed by atoms with Gasteiger partial charge in [-0.2, -0.15) is 13.2 Å². The normalized spacial score (nSPS) is 12.2. The van der Waals surface area contributed by atoms with E-state index < -0.39 is 54.2 Å². The molecule has 22 heavy (non-hydrogen) atoms. The van der Waals surface area contributed by atoms with Crippen molar-refractivity contribution in [1.82, 2.24) is 4.98 Å². The summed E-state index contributed by atoms with van der Waals surface area (Å²) >= 11 is 0. The summed E-state index contributed by atoms with van der Waals surface area (Å²) in [5, 5.41) is 0. The number of carbonyl (C=O) groups is 1. The Morgan fingerprint density at radius 3 is 2.27 bits per heavy atom. The van der Waals surface area contributed by atoms with Gasteiger partial charge in [0.05, 0.1) is 24.8 Å². The quantitative estimate of drug-likeness (QED) is 0.676. The van der Waals surface area contributed by atoms with E-state index in [9.17, 15) is 31.1 Å². The van der Waals surface area contributed by atoms with Crippen LogP contribution in [0.15, 0.2) is 6.07 Å². The number of rotatable bonds is 4. The number of methoxy groups -OCH3 is 1. The molecule has 5 nitrogen and oxygen atoms in total. The highest BCUT2D eigenvalue weighted by Gasteiger charge is 2.38. The number of hydrogen-bond acceptors (Lipinski definition) is 5. The Kier molecular flexibility index (Phi) is 5.22. The molecule has 2 N–H and O–H groups in total. The maximum atomic E-state index is 12.8. The summed E-state index contributed by atoms with van der Waals surface area (Å²) in [5.74, 6) is -2.23. The molecule has 0 aromatic carbocycles. The van der Waals surface area contributed by atoms with E-state index >= 15 is 0 Å². The van der Waals surface area contributed by atoms with Crippen molar-refractivity contribution >= 4 is 5.97 Å². The molecule has 124 valence electrons. The van der Waals surface area contributed by atoms with Gasteiger partial charge in [0, 0.05) is 12.1 Å². The first kappa shape index (κ1) is 18.0. The Morgan fingerprint density at radius 2 is 1.86 bits per heavy atom. The summed E-state index contributed by atoms with van der Waals surface area (Å²) < 4.78 is 83.1. The third kappa shape index (κ3) is 4.76. The second-order valence-corrected chi connectivity index (χ2v) is 3.95. The molecule has 1 heterocycles. The largest absolute Gasteiger partial charge is 0.574 e. The number of nitrogens with two attached hydrogens (primary N) is 1. The minimum atomic E-state index is -5.19. The van der Waals surface area contributed by atoms with Crippen LogP contribution >= 0.6 is 0 Å². The summed E-state index contributed by atoms with van der Waals surface area (Å²) in [6.45, 7) is -0.762. The third-order valence-corrected chi connectivity index (χ3v) is 2.41. The first-order chi connectivity index (χ1) is 9.97. The summed E-state index contributed by atoms with van der Waals surface area (Å²) in [5.41, 5.74) is 2.18. The van der Waals surface area contributed by atoms with E-state index in [0.29, 0.717) is 6.07 Å². The number of pyridine rings is 1. The highest BCUT2D eigenvalue weighted by atomic mass is 19.4. The van der Waals surface area contributed by atoms with Crippen LogP contribution in [-0.2, 0) is 28.7 Å². The number of esters is 1. The predicted molar refractivity (Wildman–Crippen MR) is 59.5 cm³/mol. The van der Waals surface area contributed by atoms with E-state index in [1.165, 1.54) is 0 Å². The summed E-state index contributed by atoms with van der Waals surface area (Å²) in [6.07, 6.45) is -11.0. The number of aromatic nitrogens is 1. The van der Waals surface area contributed by atoms with Gasteiger partial charge in [0.25, 0.3) is 0 Å². The molecule has 0 fully saturated rings. The molecule has 0 amide bonds. The number of hydrogen-bond donors (Lipinski definition) is 1. The average molecular weight is 332 g/mol. The lowest BCUT2D eigenvalue weighted by atomic mass is 10.1. The van der Waals surface area contributed by atoms with Gasteiger partial charge in [0.1, 0.15) is 0 Å². The second-order valence-electron chi connectivity index (χ2n) is 3.95. The predicted octanol–water partition coefficient (Wildman–Crippen LogP) is 2.17. The van der Waals surface area contributed by atoms with Gasteiger partial charge >= 0.3 is 18.5 Å². The average Bonchev–Trinajstić information content (AvgIpc) is 2.37. The lowest BCUT2D eigenvalue weighted by Crippen LogP contribution is -2.22. The summed E-state index contributed by atoms with van der Waals surface area (Å²) in [7, 11) is 0.930. The SMILES string of the molecule is COC(=O)Cc1cc(C(F)(F)F)c(CN)nc1OC(F)(F)F. The molecule has 1 aromatic rings. The van der Waals surface area contributed by atoms with E-state index in [-0.39, 0.29) is 0 Å². The van der Waals surface area contributed by atoms with E-state index in [0.717, 1.165) is 7.11 Å². The van der Waals surface area contributed by atoms with Gasteiger partial charge in [-0.25, -0.2) is 4.98 Å². The molecule has 0 unspecified atom stereocenters. The van der Waals surface area contributed by atoms with Crippen LogP contribution < -0.4 is 10.5 Å². The fourth-order valence-corrected chi connectivity index (χ4v) is 1.53. The second kappa shape index (κ2) is 6.38. The van der Waals surface area contributed by atoms with Crippen molar-refractivity contribution < 1.29 is 40.6 Å². The van der Waals surface area contributed by atoms with Crippen LogP contribution in [0, 0.1) is 0 Å². The lowest BCUT2D eigenvalue weighted by Gasteiger charge is -2.17. The Labute approximate surface area is 120 Å². The van der Waals surface area contributed by atoms with Crippen LogP contribution in [0.4, 0.5) is 26.3 Å². The standard InChI is InChI=1S/C11H10F6N2O3/c1-21-8(20)3-5-2-6(10(12,13)14)7(4-18)19-9(5)22-11(15,16)17/h2H,3-4,18H2,1H3. The van der Waals surface area contributed by atoms with Crippen LogP contribution in [-0.4, -0.2) is 24.4 Å². The number of nitrogens with zero attached hydrogens (tertiary/aromatic N) is 1. The van der Waals surface area contributed by atoms with Crippen LogP contribution in [0.5, 0.6) is 5.88 Å². The zero-order valence-electron chi connectivity index (χ0n) is 11.0. The third-order valence-electron chi connectivity index (χ3n) is 2.41. The van der Waals surface area contributed by atoms with Gasteiger partial charge in [-0.15, -0.1) is 13.2 Å². The highest BCUT2D eigenvalue weighted by molar-refractivity contribution is 5.73. The number of alkyl halides is 6.